The largest absolute Gasteiger partial charge is 0.329 e. The molecule has 0 bridgehead atoms. The Morgan fingerprint density at radius 1 is 1.50 bits per heavy atom. The minimum Gasteiger partial charge on any atom is -0.329 e. The van der Waals surface area contributed by atoms with Crippen LogP contribution >= 0.6 is 15.9 Å². The molecule has 6 heteroatoms. The number of halogens is 1. The zero-order chi connectivity index (χ0) is 13.3. The fourth-order valence-electron chi connectivity index (χ4n) is 1.92. The van der Waals surface area contributed by atoms with Crippen LogP contribution in [0.15, 0.2) is 27.6 Å². The molecule has 3 N–H and O–H groups in total. The van der Waals surface area contributed by atoms with Gasteiger partial charge in [-0.1, -0.05) is 6.07 Å². The highest BCUT2D eigenvalue weighted by Crippen LogP contribution is 2.33. The zero-order valence-electron chi connectivity index (χ0n) is 10.2. The van der Waals surface area contributed by atoms with Crippen molar-refractivity contribution in [3.05, 3.63) is 28.2 Å². The molecule has 0 amide bonds. The van der Waals surface area contributed by atoms with Crippen LogP contribution in [0.5, 0.6) is 0 Å². The van der Waals surface area contributed by atoms with E-state index in [0.29, 0.717) is 16.9 Å². The monoisotopic (exact) mass is 332 g/mol. The van der Waals surface area contributed by atoms with Gasteiger partial charge >= 0.3 is 0 Å². The molecule has 1 aliphatic rings. The van der Waals surface area contributed by atoms with Gasteiger partial charge in [-0.15, -0.1) is 0 Å². The van der Waals surface area contributed by atoms with Crippen molar-refractivity contribution in [2.24, 2.45) is 11.7 Å². The first-order chi connectivity index (χ1) is 8.44. The normalized spacial score (nSPS) is 17.7. The highest BCUT2D eigenvalue weighted by Gasteiger charge is 2.33. The van der Waals surface area contributed by atoms with Gasteiger partial charge in [0.15, 0.2) is 0 Å². The van der Waals surface area contributed by atoms with Gasteiger partial charge in [-0.2, -0.15) is 0 Å². The molecule has 0 aromatic heterocycles. The smallest absolute Gasteiger partial charge is 0.241 e. The molecule has 1 saturated carbocycles. The van der Waals surface area contributed by atoms with Gasteiger partial charge in [0.25, 0.3) is 0 Å². The number of hydrogen-bond donors (Lipinski definition) is 2. The van der Waals surface area contributed by atoms with E-state index in [-0.39, 0.29) is 10.9 Å². The second-order valence-corrected chi connectivity index (χ2v) is 7.27. The summed E-state index contributed by atoms with van der Waals surface area (Å²) in [5.41, 5.74) is 6.63. The first-order valence-corrected chi connectivity index (χ1v) is 8.20. The van der Waals surface area contributed by atoms with E-state index in [2.05, 4.69) is 20.7 Å². The Labute approximate surface area is 116 Å². The van der Waals surface area contributed by atoms with Crippen LogP contribution in [0.1, 0.15) is 18.4 Å². The van der Waals surface area contributed by atoms with E-state index in [1.807, 2.05) is 6.92 Å². The predicted molar refractivity (Wildman–Crippen MR) is 74.8 cm³/mol. The molecule has 0 spiro atoms. The number of nitrogens with two attached hydrogens (primary N) is 1. The third kappa shape index (κ3) is 3.12. The fraction of sp³-hybridized carbons (Fsp3) is 0.500. The Morgan fingerprint density at radius 2 is 2.17 bits per heavy atom. The molecule has 0 radical (unpaired) electrons. The maximum atomic E-state index is 12.3. The quantitative estimate of drug-likeness (QED) is 0.863. The van der Waals surface area contributed by atoms with Gasteiger partial charge in [-0.3, -0.25) is 0 Å². The summed E-state index contributed by atoms with van der Waals surface area (Å²) in [6.45, 7) is 2.26. The third-order valence-electron chi connectivity index (χ3n) is 3.13. The minimum atomic E-state index is -3.50. The van der Waals surface area contributed by atoms with E-state index in [1.54, 1.807) is 18.2 Å². The van der Waals surface area contributed by atoms with Crippen molar-refractivity contribution < 1.29 is 8.42 Å². The molecule has 100 valence electrons. The zero-order valence-corrected chi connectivity index (χ0v) is 12.6. The molecule has 1 aromatic rings. The third-order valence-corrected chi connectivity index (χ3v) is 5.60. The van der Waals surface area contributed by atoms with Crippen molar-refractivity contribution in [3.8, 4) is 0 Å². The van der Waals surface area contributed by atoms with Crippen molar-refractivity contribution in [1.29, 1.82) is 0 Å². The summed E-state index contributed by atoms with van der Waals surface area (Å²) < 4.78 is 27.8. The SMILES string of the molecule is Cc1ccc(S(=O)(=O)NC(CN)C2CC2)c(Br)c1. The number of aryl methyl sites for hydroxylation is 1. The molecule has 18 heavy (non-hydrogen) atoms. The first kappa shape index (κ1) is 14.0. The summed E-state index contributed by atoms with van der Waals surface area (Å²) in [4.78, 5) is 0.271. The number of hydrogen-bond acceptors (Lipinski definition) is 3. The van der Waals surface area contributed by atoms with Crippen LogP contribution in [-0.2, 0) is 10.0 Å². The van der Waals surface area contributed by atoms with Crippen LogP contribution in [0.2, 0.25) is 0 Å². The standard InChI is InChI=1S/C12H17BrN2O2S/c1-8-2-5-12(10(13)6-8)18(16,17)15-11(7-14)9-3-4-9/h2,5-6,9,11,15H,3-4,7,14H2,1H3. The highest BCUT2D eigenvalue weighted by molar-refractivity contribution is 9.10. The van der Waals surface area contributed by atoms with E-state index in [9.17, 15) is 8.42 Å². The van der Waals surface area contributed by atoms with Crippen LogP contribution in [0.25, 0.3) is 0 Å². The summed E-state index contributed by atoms with van der Waals surface area (Å²) in [6.07, 6.45) is 2.11. The van der Waals surface area contributed by atoms with Crippen molar-refractivity contribution >= 4 is 26.0 Å². The maximum absolute atomic E-state index is 12.3. The average Bonchev–Trinajstić information content (AvgIpc) is 3.09. The van der Waals surface area contributed by atoms with E-state index < -0.39 is 10.0 Å². The summed E-state index contributed by atoms with van der Waals surface area (Å²) in [6, 6.07) is 5.04. The lowest BCUT2D eigenvalue weighted by Crippen LogP contribution is -2.41. The predicted octanol–water partition coefficient (Wildman–Crippen LogP) is 1.77. The van der Waals surface area contributed by atoms with Gasteiger partial charge < -0.3 is 5.73 Å². The molecule has 0 heterocycles. The van der Waals surface area contributed by atoms with Crippen LogP contribution in [0.4, 0.5) is 0 Å². The van der Waals surface area contributed by atoms with E-state index >= 15 is 0 Å². The Kier molecular flexibility index (Phi) is 4.11. The maximum Gasteiger partial charge on any atom is 0.241 e. The van der Waals surface area contributed by atoms with Gasteiger partial charge in [0.05, 0.1) is 4.90 Å². The highest BCUT2D eigenvalue weighted by atomic mass is 79.9. The first-order valence-electron chi connectivity index (χ1n) is 5.92. The second-order valence-electron chi connectivity index (χ2n) is 4.73. The summed E-state index contributed by atoms with van der Waals surface area (Å²) in [5.74, 6) is 0.397. The van der Waals surface area contributed by atoms with Crippen LogP contribution in [0.3, 0.4) is 0 Å². The Hall–Kier alpha value is -0.430. The minimum absolute atomic E-state index is 0.150. The lowest BCUT2D eigenvalue weighted by atomic mass is 10.2. The van der Waals surface area contributed by atoms with Gasteiger partial charge in [-0.05, 0) is 59.3 Å². The molecular formula is C12H17BrN2O2S. The molecule has 2 rings (SSSR count). The van der Waals surface area contributed by atoms with Crippen LogP contribution < -0.4 is 10.5 Å². The van der Waals surface area contributed by atoms with E-state index in [0.717, 1.165) is 18.4 Å². The number of benzene rings is 1. The number of rotatable bonds is 5. The van der Waals surface area contributed by atoms with E-state index in [4.69, 9.17) is 5.73 Å². The lowest BCUT2D eigenvalue weighted by Gasteiger charge is -2.17. The molecule has 0 aliphatic heterocycles. The average molecular weight is 333 g/mol. The summed E-state index contributed by atoms with van der Waals surface area (Å²) >= 11 is 3.30. The van der Waals surface area contributed by atoms with Crippen LogP contribution in [-0.4, -0.2) is 21.0 Å². The fourth-order valence-corrected chi connectivity index (χ4v) is 4.43. The van der Waals surface area contributed by atoms with Crippen molar-refractivity contribution in [1.82, 2.24) is 4.72 Å². The van der Waals surface area contributed by atoms with Crippen LogP contribution in [0, 0.1) is 12.8 Å². The molecular weight excluding hydrogens is 316 g/mol. The molecule has 1 aliphatic carbocycles. The Bertz CT molecular complexity index is 541. The number of nitrogens with one attached hydrogen (secondary N) is 1. The van der Waals surface area contributed by atoms with Gasteiger partial charge in [-0.25, -0.2) is 13.1 Å². The van der Waals surface area contributed by atoms with Gasteiger partial charge in [0.2, 0.25) is 10.0 Å². The molecule has 4 nitrogen and oxygen atoms in total. The molecule has 1 aromatic carbocycles. The molecule has 0 saturated heterocycles. The van der Waals surface area contributed by atoms with Crippen molar-refractivity contribution in [3.63, 3.8) is 0 Å². The van der Waals surface area contributed by atoms with Gasteiger partial charge in [0, 0.05) is 17.1 Å². The Balaban J connectivity index is 2.24. The topological polar surface area (TPSA) is 72.2 Å². The molecule has 1 fully saturated rings. The summed E-state index contributed by atoms with van der Waals surface area (Å²) in [5, 5.41) is 0. The lowest BCUT2D eigenvalue weighted by molar-refractivity contribution is 0.519. The second kappa shape index (κ2) is 5.28. The van der Waals surface area contributed by atoms with Crippen molar-refractivity contribution in [2.75, 3.05) is 6.54 Å². The summed E-state index contributed by atoms with van der Waals surface area (Å²) in [7, 11) is -3.50. The molecule has 1 unspecified atom stereocenters. The van der Waals surface area contributed by atoms with E-state index in [1.165, 1.54) is 0 Å². The Morgan fingerprint density at radius 3 is 2.67 bits per heavy atom. The number of sulfonamides is 1. The van der Waals surface area contributed by atoms with Crippen molar-refractivity contribution in [2.45, 2.75) is 30.7 Å². The van der Waals surface area contributed by atoms with Gasteiger partial charge in [0.1, 0.15) is 0 Å². The molecule has 1 atom stereocenters.